The topological polar surface area (TPSA) is 64.1 Å². The lowest BCUT2D eigenvalue weighted by Gasteiger charge is -2.24. The Morgan fingerprint density at radius 1 is 1.57 bits per heavy atom. The van der Waals surface area contributed by atoms with Crippen molar-refractivity contribution in [2.24, 2.45) is 0 Å². The summed E-state index contributed by atoms with van der Waals surface area (Å²) in [6.45, 7) is 9.43. The summed E-state index contributed by atoms with van der Waals surface area (Å²) < 4.78 is 20.0. The van der Waals surface area contributed by atoms with Crippen molar-refractivity contribution in [3.63, 3.8) is 0 Å². The SMILES string of the molecule is C=CCCC(NS(=O)C(C)(C)C)c1ncc(OC)nc1Cl. The van der Waals surface area contributed by atoms with Crippen LogP contribution >= 0.6 is 11.6 Å². The van der Waals surface area contributed by atoms with Crippen molar-refractivity contribution in [3.05, 3.63) is 29.7 Å². The van der Waals surface area contributed by atoms with E-state index in [1.807, 2.05) is 20.8 Å². The zero-order valence-corrected chi connectivity index (χ0v) is 14.4. The van der Waals surface area contributed by atoms with Gasteiger partial charge < -0.3 is 4.74 Å². The third-order valence-corrected chi connectivity index (χ3v) is 4.63. The van der Waals surface area contributed by atoms with Crippen LogP contribution < -0.4 is 9.46 Å². The molecule has 0 radical (unpaired) electrons. The van der Waals surface area contributed by atoms with Gasteiger partial charge in [0.1, 0.15) is 0 Å². The summed E-state index contributed by atoms with van der Waals surface area (Å²) in [6.07, 6.45) is 4.75. The summed E-state index contributed by atoms with van der Waals surface area (Å²) in [5.41, 5.74) is 0.567. The molecule has 0 saturated carbocycles. The molecule has 21 heavy (non-hydrogen) atoms. The lowest BCUT2D eigenvalue weighted by molar-refractivity contribution is 0.394. The first-order valence-corrected chi connectivity index (χ1v) is 8.17. The number of ether oxygens (including phenoxy) is 1. The monoisotopic (exact) mass is 331 g/mol. The molecule has 118 valence electrons. The molecule has 7 heteroatoms. The Kier molecular flexibility index (Phi) is 6.77. The first-order chi connectivity index (χ1) is 9.79. The molecule has 0 bridgehead atoms. The molecule has 1 heterocycles. The van der Waals surface area contributed by atoms with Crippen LogP contribution in [0.2, 0.25) is 5.15 Å². The van der Waals surface area contributed by atoms with E-state index in [2.05, 4.69) is 21.3 Å². The second-order valence-corrected chi connectivity index (χ2v) is 7.86. The highest BCUT2D eigenvalue weighted by molar-refractivity contribution is 7.84. The van der Waals surface area contributed by atoms with Gasteiger partial charge in [-0.25, -0.2) is 8.93 Å². The molecule has 2 atom stereocenters. The third kappa shape index (κ3) is 5.37. The third-order valence-electron chi connectivity index (χ3n) is 2.74. The van der Waals surface area contributed by atoms with Crippen molar-refractivity contribution in [1.82, 2.24) is 14.7 Å². The first kappa shape index (κ1) is 18.1. The maximum absolute atomic E-state index is 12.3. The highest BCUT2D eigenvalue weighted by atomic mass is 35.5. The smallest absolute Gasteiger partial charge is 0.233 e. The van der Waals surface area contributed by atoms with Crippen molar-refractivity contribution in [2.75, 3.05) is 7.11 Å². The number of aromatic nitrogens is 2. The van der Waals surface area contributed by atoms with Gasteiger partial charge in [0.25, 0.3) is 0 Å². The molecular weight excluding hydrogens is 310 g/mol. The molecule has 0 amide bonds. The summed E-state index contributed by atoms with van der Waals surface area (Å²) in [5.74, 6) is 0.350. The first-order valence-electron chi connectivity index (χ1n) is 6.65. The minimum absolute atomic E-state index is 0.252. The van der Waals surface area contributed by atoms with E-state index in [9.17, 15) is 4.21 Å². The van der Waals surface area contributed by atoms with Crippen molar-refractivity contribution in [1.29, 1.82) is 0 Å². The molecule has 0 aliphatic carbocycles. The van der Waals surface area contributed by atoms with E-state index in [1.165, 1.54) is 13.3 Å². The number of hydrogen-bond acceptors (Lipinski definition) is 4. The molecule has 0 fully saturated rings. The molecule has 2 unspecified atom stereocenters. The van der Waals surface area contributed by atoms with Gasteiger partial charge in [-0.05, 0) is 33.6 Å². The van der Waals surface area contributed by atoms with Gasteiger partial charge in [-0.1, -0.05) is 17.7 Å². The summed E-state index contributed by atoms with van der Waals surface area (Å²) in [5, 5.41) is 0.252. The fourth-order valence-corrected chi connectivity index (χ4v) is 2.64. The normalized spacial score (nSPS) is 14.5. The molecule has 1 rings (SSSR count). The molecule has 1 aromatic heterocycles. The number of halogens is 1. The van der Waals surface area contributed by atoms with Gasteiger partial charge in [-0.2, -0.15) is 4.98 Å². The number of nitrogens with one attached hydrogen (secondary N) is 1. The summed E-state index contributed by atoms with van der Waals surface area (Å²) >= 11 is 6.16. The van der Waals surface area contributed by atoms with Gasteiger partial charge in [0.15, 0.2) is 5.15 Å². The van der Waals surface area contributed by atoms with Gasteiger partial charge in [0.2, 0.25) is 5.88 Å². The van der Waals surface area contributed by atoms with E-state index in [0.29, 0.717) is 18.0 Å². The van der Waals surface area contributed by atoms with Crippen LogP contribution in [0.5, 0.6) is 5.88 Å². The van der Waals surface area contributed by atoms with Gasteiger partial charge in [-0.3, -0.25) is 4.98 Å². The van der Waals surface area contributed by atoms with Crippen LogP contribution in [0.25, 0.3) is 0 Å². The quantitative estimate of drug-likeness (QED) is 0.779. The van der Waals surface area contributed by atoms with Crippen LogP contribution in [0.1, 0.15) is 45.3 Å². The van der Waals surface area contributed by atoms with Crippen LogP contribution in [0.4, 0.5) is 0 Å². The van der Waals surface area contributed by atoms with Crippen LogP contribution in [0, 0.1) is 0 Å². The zero-order chi connectivity index (χ0) is 16.0. The Labute approximate surface area is 133 Å². The average Bonchev–Trinajstić information content (AvgIpc) is 2.42. The predicted molar refractivity (Wildman–Crippen MR) is 86.8 cm³/mol. The molecule has 1 N–H and O–H groups in total. The Morgan fingerprint density at radius 2 is 2.24 bits per heavy atom. The van der Waals surface area contributed by atoms with E-state index in [0.717, 1.165) is 6.42 Å². The fraction of sp³-hybridized carbons (Fsp3) is 0.571. The highest BCUT2D eigenvalue weighted by Gasteiger charge is 2.25. The molecule has 0 aliphatic rings. The minimum atomic E-state index is -1.23. The van der Waals surface area contributed by atoms with Crippen LogP contribution in [-0.4, -0.2) is 26.0 Å². The lowest BCUT2D eigenvalue weighted by Crippen LogP contribution is -2.36. The standard InChI is InChI=1S/C14H22ClN3O2S/c1-6-7-8-10(18-21(19)14(2,3)4)12-13(15)17-11(20-5)9-16-12/h6,9-10,18H,1,7-8H2,2-5H3. The van der Waals surface area contributed by atoms with E-state index in [-0.39, 0.29) is 15.9 Å². The Bertz CT molecular complexity index is 517. The molecule has 5 nitrogen and oxygen atoms in total. The number of allylic oxidation sites excluding steroid dienone is 1. The zero-order valence-electron chi connectivity index (χ0n) is 12.9. The maximum Gasteiger partial charge on any atom is 0.233 e. The van der Waals surface area contributed by atoms with E-state index in [1.54, 1.807) is 6.08 Å². The highest BCUT2D eigenvalue weighted by Crippen LogP contribution is 2.26. The Balaban J connectivity index is 3.02. The molecule has 0 spiro atoms. The van der Waals surface area contributed by atoms with Crippen LogP contribution in [0.15, 0.2) is 18.9 Å². The van der Waals surface area contributed by atoms with Crippen LogP contribution in [0.3, 0.4) is 0 Å². The summed E-state index contributed by atoms with van der Waals surface area (Å²) in [7, 11) is 0.273. The van der Waals surface area contributed by atoms with Crippen molar-refractivity contribution in [2.45, 2.75) is 44.4 Å². The lowest BCUT2D eigenvalue weighted by atomic mass is 10.1. The predicted octanol–water partition coefficient (Wildman–Crippen LogP) is 3.20. The second-order valence-electron chi connectivity index (χ2n) is 5.51. The van der Waals surface area contributed by atoms with Gasteiger partial charge >= 0.3 is 0 Å². The van der Waals surface area contributed by atoms with Crippen molar-refractivity contribution < 1.29 is 8.95 Å². The number of rotatable bonds is 7. The van der Waals surface area contributed by atoms with Crippen molar-refractivity contribution in [3.8, 4) is 5.88 Å². The number of nitrogens with zero attached hydrogens (tertiary/aromatic N) is 2. The van der Waals surface area contributed by atoms with E-state index >= 15 is 0 Å². The number of hydrogen-bond donors (Lipinski definition) is 1. The Morgan fingerprint density at radius 3 is 2.71 bits per heavy atom. The molecular formula is C14H22ClN3O2S. The summed E-state index contributed by atoms with van der Waals surface area (Å²) in [6, 6.07) is -0.256. The molecule has 1 aromatic rings. The molecule has 0 aromatic carbocycles. The fourth-order valence-electron chi connectivity index (χ4n) is 1.53. The molecule has 0 saturated heterocycles. The van der Waals surface area contributed by atoms with Crippen molar-refractivity contribution >= 4 is 22.6 Å². The minimum Gasteiger partial charge on any atom is -0.480 e. The average molecular weight is 332 g/mol. The molecule has 0 aliphatic heterocycles. The van der Waals surface area contributed by atoms with Gasteiger partial charge in [0, 0.05) is 0 Å². The van der Waals surface area contributed by atoms with Gasteiger partial charge in [-0.15, -0.1) is 6.58 Å². The van der Waals surface area contributed by atoms with E-state index in [4.69, 9.17) is 16.3 Å². The largest absolute Gasteiger partial charge is 0.480 e. The van der Waals surface area contributed by atoms with Gasteiger partial charge in [0.05, 0.1) is 40.8 Å². The van der Waals surface area contributed by atoms with E-state index < -0.39 is 11.0 Å². The Hall–Kier alpha value is -0.980. The number of methoxy groups -OCH3 is 1. The van der Waals surface area contributed by atoms with Crippen LogP contribution in [-0.2, 0) is 11.0 Å². The second kappa shape index (κ2) is 7.87. The summed E-state index contributed by atoms with van der Waals surface area (Å²) in [4.78, 5) is 8.39. The maximum atomic E-state index is 12.3.